The van der Waals surface area contributed by atoms with E-state index in [0.29, 0.717) is 30.0 Å². The summed E-state index contributed by atoms with van der Waals surface area (Å²) in [5.74, 6) is 0.244. The third-order valence-electron chi connectivity index (χ3n) is 3.82. The van der Waals surface area contributed by atoms with Crippen molar-refractivity contribution in [2.24, 2.45) is 0 Å². The maximum Gasteiger partial charge on any atom is 0.253 e. The molecule has 1 heterocycles. The molecule has 0 fully saturated rings. The average molecular weight is 338 g/mol. The Hall–Kier alpha value is -2.95. The first-order chi connectivity index (χ1) is 12.2. The van der Waals surface area contributed by atoms with E-state index in [1.807, 2.05) is 24.3 Å². The van der Waals surface area contributed by atoms with Gasteiger partial charge in [-0.05, 0) is 49.2 Å². The number of unbranched alkanes of at least 4 members (excludes halogenated alkanes) is 1. The van der Waals surface area contributed by atoms with Crippen LogP contribution in [0.3, 0.4) is 0 Å². The van der Waals surface area contributed by atoms with Crippen LogP contribution in [0.4, 0.5) is 4.39 Å². The second-order valence-corrected chi connectivity index (χ2v) is 5.65. The number of hydrogen-bond acceptors (Lipinski definition) is 3. The number of para-hydroxylation sites is 1. The Labute approximate surface area is 145 Å². The van der Waals surface area contributed by atoms with Crippen LogP contribution in [0.1, 0.15) is 23.2 Å². The molecule has 3 aromatic rings. The summed E-state index contributed by atoms with van der Waals surface area (Å²) in [7, 11) is 0. The maximum absolute atomic E-state index is 12.8. The Morgan fingerprint density at radius 3 is 2.68 bits per heavy atom. The summed E-state index contributed by atoms with van der Waals surface area (Å²) < 4.78 is 18.3. The molecule has 0 saturated heterocycles. The molecule has 0 bridgehead atoms. The first-order valence-electron chi connectivity index (χ1n) is 8.24. The lowest BCUT2D eigenvalue weighted by Gasteiger charge is -2.08. The number of benzene rings is 2. The van der Waals surface area contributed by atoms with Crippen molar-refractivity contribution < 1.29 is 13.9 Å². The second kappa shape index (κ2) is 8.24. The molecule has 4 nitrogen and oxygen atoms in total. The van der Waals surface area contributed by atoms with E-state index in [9.17, 15) is 9.18 Å². The van der Waals surface area contributed by atoms with Gasteiger partial charge in [-0.2, -0.15) is 0 Å². The molecule has 0 spiro atoms. The average Bonchev–Trinajstić information content (AvgIpc) is 2.65. The van der Waals surface area contributed by atoms with E-state index in [1.54, 1.807) is 24.4 Å². The van der Waals surface area contributed by atoms with Gasteiger partial charge in [-0.25, -0.2) is 4.39 Å². The molecule has 0 aliphatic heterocycles. The van der Waals surface area contributed by atoms with E-state index in [1.165, 1.54) is 12.1 Å². The van der Waals surface area contributed by atoms with E-state index < -0.39 is 0 Å². The lowest BCUT2D eigenvalue weighted by atomic mass is 10.1. The largest absolute Gasteiger partial charge is 0.494 e. The first-order valence-corrected chi connectivity index (χ1v) is 8.24. The summed E-state index contributed by atoms with van der Waals surface area (Å²) in [4.78, 5) is 16.6. The molecule has 0 unspecified atom stereocenters. The maximum atomic E-state index is 12.8. The third-order valence-corrected chi connectivity index (χ3v) is 3.82. The summed E-state index contributed by atoms with van der Waals surface area (Å²) in [6.07, 6.45) is 3.28. The molecule has 0 atom stereocenters. The van der Waals surface area contributed by atoms with Gasteiger partial charge in [-0.15, -0.1) is 0 Å². The van der Waals surface area contributed by atoms with Gasteiger partial charge in [-0.3, -0.25) is 9.78 Å². The smallest absolute Gasteiger partial charge is 0.253 e. The lowest BCUT2D eigenvalue weighted by Crippen LogP contribution is -2.25. The zero-order valence-corrected chi connectivity index (χ0v) is 13.7. The molecule has 5 heteroatoms. The molecule has 0 radical (unpaired) electrons. The first kappa shape index (κ1) is 16.9. The number of halogens is 1. The summed E-state index contributed by atoms with van der Waals surface area (Å²) in [6.45, 7) is 1.09. The van der Waals surface area contributed by atoms with Gasteiger partial charge in [0.15, 0.2) is 0 Å². The number of hydrogen-bond donors (Lipinski definition) is 1. The SMILES string of the molecule is O=C(NCCCCOc1ccc(F)cc1)c1cccc2cccnc12. The summed E-state index contributed by atoms with van der Waals surface area (Å²) in [5, 5.41) is 3.86. The predicted molar refractivity (Wildman–Crippen MR) is 95.2 cm³/mol. The minimum atomic E-state index is -0.280. The van der Waals surface area contributed by atoms with Crippen LogP contribution in [0.25, 0.3) is 10.9 Å². The Bertz CT molecular complexity index is 844. The Balaban J connectivity index is 1.42. The number of carbonyl (C=O) groups excluding carboxylic acids is 1. The Morgan fingerprint density at radius 2 is 1.84 bits per heavy atom. The summed E-state index contributed by atoms with van der Waals surface area (Å²) in [5.41, 5.74) is 1.29. The number of carbonyl (C=O) groups is 1. The van der Waals surface area contributed by atoms with Crippen LogP contribution in [-0.2, 0) is 0 Å². The number of nitrogens with one attached hydrogen (secondary N) is 1. The van der Waals surface area contributed by atoms with E-state index in [2.05, 4.69) is 10.3 Å². The summed E-state index contributed by atoms with van der Waals surface area (Å²) in [6, 6.07) is 15.3. The van der Waals surface area contributed by atoms with Crippen LogP contribution in [0.2, 0.25) is 0 Å². The molecule has 0 aliphatic carbocycles. The number of aromatic nitrogens is 1. The second-order valence-electron chi connectivity index (χ2n) is 5.65. The minimum absolute atomic E-state index is 0.122. The van der Waals surface area contributed by atoms with Crippen LogP contribution >= 0.6 is 0 Å². The zero-order valence-electron chi connectivity index (χ0n) is 13.7. The molecular weight excluding hydrogens is 319 g/mol. The highest BCUT2D eigenvalue weighted by atomic mass is 19.1. The lowest BCUT2D eigenvalue weighted by molar-refractivity contribution is 0.0954. The van der Waals surface area contributed by atoms with E-state index in [4.69, 9.17) is 4.74 Å². The van der Waals surface area contributed by atoms with Crippen molar-refractivity contribution in [3.05, 3.63) is 72.2 Å². The van der Waals surface area contributed by atoms with Crippen molar-refractivity contribution in [2.45, 2.75) is 12.8 Å². The van der Waals surface area contributed by atoms with Crippen molar-refractivity contribution in [3.8, 4) is 5.75 Å². The molecule has 3 rings (SSSR count). The topological polar surface area (TPSA) is 51.2 Å². The fraction of sp³-hybridized carbons (Fsp3) is 0.200. The van der Waals surface area contributed by atoms with Gasteiger partial charge in [0.1, 0.15) is 11.6 Å². The van der Waals surface area contributed by atoms with Crippen LogP contribution in [0, 0.1) is 5.82 Å². The minimum Gasteiger partial charge on any atom is -0.494 e. The number of amides is 1. The monoisotopic (exact) mass is 338 g/mol. The van der Waals surface area contributed by atoms with Crippen molar-refractivity contribution in [3.63, 3.8) is 0 Å². The number of nitrogens with zero attached hydrogens (tertiary/aromatic N) is 1. The molecule has 0 aliphatic rings. The van der Waals surface area contributed by atoms with Gasteiger partial charge in [0.25, 0.3) is 5.91 Å². The quantitative estimate of drug-likeness (QED) is 0.663. The standard InChI is InChI=1S/C20H19FN2O2/c21-16-8-10-17(11-9-16)25-14-2-1-12-23-20(24)18-7-3-5-15-6-4-13-22-19(15)18/h3-11,13H,1-2,12,14H2,(H,23,24). The van der Waals surface area contributed by atoms with Gasteiger partial charge in [0, 0.05) is 18.1 Å². The predicted octanol–water partition coefficient (Wildman–Crippen LogP) is 3.96. The molecule has 1 aromatic heterocycles. The van der Waals surface area contributed by atoms with Gasteiger partial charge < -0.3 is 10.1 Å². The Kier molecular flexibility index (Phi) is 5.57. The fourth-order valence-corrected chi connectivity index (χ4v) is 2.53. The van der Waals surface area contributed by atoms with Crippen LogP contribution in [0.5, 0.6) is 5.75 Å². The van der Waals surface area contributed by atoms with E-state index >= 15 is 0 Å². The molecule has 1 amide bonds. The molecule has 0 saturated carbocycles. The molecule has 128 valence electrons. The third kappa shape index (κ3) is 4.53. The number of fused-ring (bicyclic) bond motifs is 1. The summed E-state index contributed by atoms with van der Waals surface area (Å²) >= 11 is 0. The highest BCUT2D eigenvalue weighted by molar-refractivity contribution is 6.05. The van der Waals surface area contributed by atoms with E-state index in [0.717, 1.165) is 18.2 Å². The zero-order chi connectivity index (χ0) is 17.5. The van der Waals surface area contributed by atoms with Gasteiger partial charge in [0.2, 0.25) is 0 Å². The number of rotatable bonds is 7. The number of ether oxygens (including phenoxy) is 1. The van der Waals surface area contributed by atoms with Crippen molar-refractivity contribution in [1.82, 2.24) is 10.3 Å². The highest BCUT2D eigenvalue weighted by Gasteiger charge is 2.09. The van der Waals surface area contributed by atoms with Crippen LogP contribution in [-0.4, -0.2) is 24.0 Å². The van der Waals surface area contributed by atoms with Crippen molar-refractivity contribution >= 4 is 16.8 Å². The Morgan fingerprint density at radius 1 is 1.04 bits per heavy atom. The van der Waals surface area contributed by atoms with Gasteiger partial charge >= 0.3 is 0 Å². The van der Waals surface area contributed by atoms with Crippen LogP contribution in [0.15, 0.2) is 60.8 Å². The number of pyridine rings is 1. The molecular formula is C20H19FN2O2. The normalized spacial score (nSPS) is 10.6. The van der Waals surface area contributed by atoms with Gasteiger partial charge in [-0.1, -0.05) is 18.2 Å². The molecule has 25 heavy (non-hydrogen) atoms. The van der Waals surface area contributed by atoms with E-state index in [-0.39, 0.29) is 11.7 Å². The molecule has 2 aromatic carbocycles. The van der Waals surface area contributed by atoms with Crippen molar-refractivity contribution in [2.75, 3.05) is 13.2 Å². The van der Waals surface area contributed by atoms with Crippen molar-refractivity contribution in [1.29, 1.82) is 0 Å². The fourth-order valence-electron chi connectivity index (χ4n) is 2.53. The molecule has 1 N–H and O–H groups in total. The van der Waals surface area contributed by atoms with Gasteiger partial charge in [0.05, 0.1) is 17.7 Å². The highest BCUT2D eigenvalue weighted by Crippen LogP contribution is 2.15. The van der Waals surface area contributed by atoms with Crippen LogP contribution < -0.4 is 10.1 Å².